The molecule has 0 aliphatic rings. The fourth-order valence-electron chi connectivity index (χ4n) is 1.87. The highest BCUT2D eigenvalue weighted by Gasteiger charge is 2.11. The highest BCUT2D eigenvalue weighted by atomic mass is 15.1. The normalized spacial score (nSPS) is 12.2. The Labute approximate surface area is 105 Å². The number of aryl methyl sites for hydroxylation is 1. The third-order valence-corrected chi connectivity index (χ3v) is 2.67. The van der Waals surface area contributed by atoms with E-state index >= 15 is 0 Å². The van der Waals surface area contributed by atoms with E-state index in [0.29, 0.717) is 0 Å². The van der Waals surface area contributed by atoms with Crippen LogP contribution in [0, 0.1) is 0 Å². The Bertz CT molecular complexity index is 581. The van der Waals surface area contributed by atoms with E-state index in [2.05, 4.69) is 10.2 Å². The summed E-state index contributed by atoms with van der Waals surface area (Å²) in [6, 6.07) is 11.7. The van der Waals surface area contributed by atoms with Crippen LogP contribution in [0.1, 0.15) is 16.8 Å². The number of aromatic nitrogens is 1. The minimum Gasteiger partial charge on any atom is -0.349 e. The maximum Gasteiger partial charge on any atom is 0.114 e. The monoisotopic (exact) mass is 241 g/mol. The molecule has 0 saturated heterocycles. The molecule has 92 valence electrons. The summed E-state index contributed by atoms with van der Waals surface area (Å²) < 4.78 is 1.94. The maximum absolute atomic E-state index is 5.51. The van der Waals surface area contributed by atoms with Crippen molar-refractivity contribution in [1.29, 1.82) is 0 Å². The molecule has 0 saturated carbocycles. The Morgan fingerprint density at radius 3 is 2.56 bits per heavy atom. The smallest absolute Gasteiger partial charge is 0.114 e. The van der Waals surface area contributed by atoms with E-state index in [4.69, 9.17) is 11.7 Å². The van der Waals surface area contributed by atoms with Crippen LogP contribution in [0.5, 0.6) is 0 Å². The van der Waals surface area contributed by atoms with Crippen LogP contribution in [0.2, 0.25) is 0 Å². The van der Waals surface area contributed by atoms with Gasteiger partial charge in [0.05, 0.1) is 11.9 Å². The van der Waals surface area contributed by atoms with Gasteiger partial charge in [0, 0.05) is 24.4 Å². The zero-order valence-electron chi connectivity index (χ0n) is 10.1. The number of hydrogen-bond acceptors (Lipinski definition) is 4. The van der Waals surface area contributed by atoms with Gasteiger partial charge in [-0.3, -0.25) is 0 Å². The number of nitrogens with two attached hydrogens (primary N) is 2. The van der Waals surface area contributed by atoms with Crippen molar-refractivity contribution in [3.63, 3.8) is 0 Å². The summed E-state index contributed by atoms with van der Waals surface area (Å²) in [6.07, 6.45) is 3.50. The largest absolute Gasteiger partial charge is 0.349 e. The molecular formula is C13H15N5. The van der Waals surface area contributed by atoms with Gasteiger partial charge in [-0.1, -0.05) is 30.3 Å². The lowest BCUT2D eigenvalue weighted by Gasteiger charge is -2.06. The van der Waals surface area contributed by atoms with Crippen LogP contribution in [0.4, 0.5) is 0 Å². The molecule has 0 radical (unpaired) electrons. The van der Waals surface area contributed by atoms with Crippen LogP contribution >= 0.6 is 0 Å². The first-order valence-corrected chi connectivity index (χ1v) is 5.49. The number of hydrogen-bond donors (Lipinski definition) is 2. The standard InChI is InChI=1S/C13H15N5/c1-18-9-10(8-16-14)7-12(18)13(17-15)11-5-3-2-4-6-11/h2-9H,14-15H2,1H3/b16-8+,17-13+. The van der Waals surface area contributed by atoms with Gasteiger partial charge in [0.25, 0.3) is 0 Å². The Balaban J connectivity index is 2.47. The first-order chi connectivity index (χ1) is 8.76. The van der Waals surface area contributed by atoms with Gasteiger partial charge < -0.3 is 16.3 Å². The second-order valence-corrected chi connectivity index (χ2v) is 3.89. The van der Waals surface area contributed by atoms with Gasteiger partial charge in [0.1, 0.15) is 5.71 Å². The predicted octanol–water partition coefficient (Wildman–Crippen LogP) is 1.03. The molecule has 0 bridgehead atoms. The quantitative estimate of drug-likeness (QED) is 0.478. The zero-order chi connectivity index (χ0) is 13.0. The van der Waals surface area contributed by atoms with Crippen LogP contribution in [0.15, 0.2) is 52.8 Å². The van der Waals surface area contributed by atoms with Crippen molar-refractivity contribution in [3.05, 3.63) is 59.4 Å². The molecule has 2 rings (SSSR count). The topological polar surface area (TPSA) is 81.7 Å². The summed E-state index contributed by atoms with van der Waals surface area (Å²) in [5.74, 6) is 10.7. The summed E-state index contributed by atoms with van der Waals surface area (Å²) in [6.45, 7) is 0. The van der Waals surface area contributed by atoms with Crippen molar-refractivity contribution >= 4 is 11.9 Å². The molecule has 1 heterocycles. The molecule has 5 nitrogen and oxygen atoms in total. The third-order valence-electron chi connectivity index (χ3n) is 2.67. The molecule has 0 fully saturated rings. The number of hydrazone groups is 2. The van der Waals surface area contributed by atoms with Gasteiger partial charge in [-0.25, -0.2) is 0 Å². The first-order valence-electron chi connectivity index (χ1n) is 5.49. The molecule has 0 atom stereocenters. The number of rotatable bonds is 3. The van der Waals surface area contributed by atoms with Crippen LogP contribution in [-0.4, -0.2) is 16.5 Å². The van der Waals surface area contributed by atoms with E-state index < -0.39 is 0 Å². The number of benzene rings is 1. The summed E-state index contributed by atoms with van der Waals surface area (Å²) >= 11 is 0. The summed E-state index contributed by atoms with van der Waals surface area (Å²) in [7, 11) is 1.93. The van der Waals surface area contributed by atoms with Crippen molar-refractivity contribution in [2.45, 2.75) is 0 Å². The molecular weight excluding hydrogens is 226 g/mol. The van der Waals surface area contributed by atoms with Crippen molar-refractivity contribution < 1.29 is 0 Å². The minimum atomic E-state index is 0.731. The fourth-order valence-corrected chi connectivity index (χ4v) is 1.87. The van der Waals surface area contributed by atoms with E-state index in [1.807, 2.05) is 54.2 Å². The van der Waals surface area contributed by atoms with E-state index in [-0.39, 0.29) is 0 Å². The average molecular weight is 241 g/mol. The lowest BCUT2D eigenvalue weighted by Crippen LogP contribution is -2.10. The van der Waals surface area contributed by atoms with E-state index in [0.717, 1.165) is 22.5 Å². The molecule has 0 spiro atoms. The molecule has 1 aromatic carbocycles. The fraction of sp³-hybridized carbons (Fsp3) is 0.0769. The predicted molar refractivity (Wildman–Crippen MR) is 73.5 cm³/mol. The lowest BCUT2D eigenvalue weighted by atomic mass is 10.1. The molecule has 0 aliphatic carbocycles. The van der Waals surface area contributed by atoms with E-state index in [1.54, 1.807) is 6.21 Å². The Kier molecular flexibility index (Phi) is 3.43. The van der Waals surface area contributed by atoms with Crippen molar-refractivity contribution in [3.8, 4) is 0 Å². The Hall–Kier alpha value is -2.56. The van der Waals surface area contributed by atoms with Crippen LogP contribution in [-0.2, 0) is 7.05 Å². The minimum absolute atomic E-state index is 0.731. The van der Waals surface area contributed by atoms with Crippen LogP contribution in [0.25, 0.3) is 0 Å². The Morgan fingerprint density at radius 1 is 1.22 bits per heavy atom. The van der Waals surface area contributed by atoms with E-state index in [9.17, 15) is 0 Å². The second-order valence-electron chi connectivity index (χ2n) is 3.89. The lowest BCUT2D eigenvalue weighted by molar-refractivity contribution is 0.912. The average Bonchev–Trinajstić information content (AvgIpc) is 2.73. The van der Waals surface area contributed by atoms with E-state index in [1.165, 1.54) is 0 Å². The second kappa shape index (κ2) is 5.18. The van der Waals surface area contributed by atoms with Crippen molar-refractivity contribution in [2.75, 3.05) is 0 Å². The van der Waals surface area contributed by atoms with Gasteiger partial charge in [-0.15, -0.1) is 0 Å². The number of nitrogens with zero attached hydrogens (tertiary/aromatic N) is 3. The van der Waals surface area contributed by atoms with Crippen LogP contribution in [0.3, 0.4) is 0 Å². The summed E-state index contributed by atoms with van der Waals surface area (Å²) in [5.41, 5.74) is 3.53. The van der Waals surface area contributed by atoms with Gasteiger partial charge in [0.2, 0.25) is 0 Å². The third kappa shape index (κ3) is 2.24. The SMILES string of the molecule is Cn1cc(/C=N/N)cc1/C(=N/N)c1ccccc1. The zero-order valence-corrected chi connectivity index (χ0v) is 10.1. The van der Waals surface area contributed by atoms with Gasteiger partial charge in [0.15, 0.2) is 0 Å². The van der Waals surface area contributed by atoms with Gasteiger partial charge >= 0.3 is 0 Å². The first kappa shape index (κ1) is 11.9. The molecule has 1 aromatic heterocycles. The molecule has 4 N–H and O–H groups in total. The van der Waals surface area contributed by atoms with Crippen LogP contribution < -0.4 is 11.7 Å². The van der Waals surface area contributed by atoms with Crippen molar-refractivity contribution in [1.82, 2.24) is 4.57 Å². The summed E-state index contributed by atoms with van der Waals surface area (Å²) in [4.78, 5) is 0. The maximum atomic E-state index is 5.51. The molecule has 0 aliphatic heterocycles. The highest BCUT2D eigenvalue weighted by Crippen LogP contribution is 2.12. The Morgan fingerprint density at radius 2 is 1.94 bits per heavy atom. The molecule has 0 amide bonds. The molecule has 18 heavy (non-hydrogen) atoms. The summed E-state index contributed by atoms with van der Waals surface area (Å²) in [5, 5.41) is 7.39. The molecule has 2 aromatic rings. The van der Waals surface area contributed by atoms with Gasteiger partial charge in [-0.2, -0.15) is 10.2 Å². The molecule has 0 unspecified atom stereocenters. The molecule has 5 heteroatoms. The van der Waals surface area contributed by atoms with Gasteiger partial charge in [-0.05, 0) is 6.07 Å². The highest BCUT2D eigenvalue weighted by molar-refractivity contribution is 6.12. The van der Waals surface area contributed by atoms with Crippen molar-refractivity contribution in [2.24, 2.45) is 28.9 Å².